The number of hydrogen-bond acceptors (Lipinski definition) is 5. The summed E-state index contributed by atoms with van der Waals surface area (Å²) in [6.07, 6.45) is 5.84. The summed E-state index contributed by atoms with van der Waals surface area (Å²) in [6, 6.07) is 10.0. The molecule has 0 aliphatic carbocycles. The molecule has 0 radical (unpaired) electrons. The van der Waals surface area contributed by atoms with Gasteiger partial charge in [-0.15, -0.1) is 0 Å². The van der Waals surface area contributed by atoms with Gasteiger partial charge in [-0.2, -0.15) is 0 Å². The largest absolute Gasteiger partial charge is 0.480 e. The first-order valence-corrected chi connectivity index (χ1v) is 9.00. The highest BCUT2D eigenvalue weighted by Crippen LogP contribution is 2.29. The third-order valence-corrected chi connectivity index (χ3v) is 4.92. The number of hydrogen-bond donors (Lipinski definition) is 1. The molecule has 134 valence electrons. The minimum atomic E-state index is -0.781. The fourth-order valence-electron chi connectivity index (χ4n) is 3.60. The summed E-state index contributed by atoms with van der Waals surface area (Å²) >= 11 is 0. The van der Waals surface area contributed by atoms with E-state index in [0.717, 1.165) is 55.4 Å². The van der Waals surface area contributed by atoms with E-state index >= 15 is 0 Å². The molecule has 1 aromatic carbocycles. The fraction of sp³-hybridized carbons (Fsp3) is 0.350. The van der Waals surface area contributed by atoms with Crippen molar-refractivity contribution in [2.75, 3.05) is 37.6 Å². The Balaban J connectivity index is 1.72. The highest BCUT2D eigenvalue weighted by Gasteiger charge is 2.24. The van der Waals surface area contributed by atoms with Crippen LogP contribution >= 0.6 is 0 Å². The molecule has 0 fully saturated rings. The average molecular weight is 350 g/mol. The second kappa shape index (κ2) is 7.25. The normalized spacial score (nSPS) is 17.2. The van der Waals surface area contributed by atoms with E-state index in [1.54, 1.807) is 0 Å². The van der Waals surface area contributed by atoms with Crippen LogP contribution in [0.3, 0.4) is 0 Å². The van der Waals surface area contributed by atoms with Crippen molar-refractivity contribution in [3.05, 3.63) is 53.7 Å². The van der Waals surface area contributed by atoms with E-state index in [0.29, 0.717) is 6.54 Å². The van der Waals surface area contributed by atoms with E-state index in [1.807, 2.05) is 35.2 Å². The maximum atomic E-state index is 11.1. The van der Waals surface area contributed by atoms with Gasteiger partial charge in [0.15, 0.2) is 5.82 Å². The first-order valence-electron chi connectivity index (χ1n) is 9.00. The molecule has 2 aliphatic rings. The number of carboxylic acids is 1. The van der Waals surface area contributed by atoms with Crippen LogP contribution in [0, 0.1) is 0 Å². The van der Waals surface area contributed by atoms with Crippen molar-refractivity contribution in [3.8, 4) is 11.4 Å². The number of nitrogens with zero attached hydrogens (tertiary/aromatic N) is 4. The van der Waals surface area contributed by atoms with Crippen molar-refractivity contribution in [2.45, 2.75) is 12.8 Å². The van der Waals surface area contributed by atoms with E-state index in [1.165, 1.54) is 5.56 Å². The molecule has 6 nitrogen and oxygen atoms in total. The smallest absolute Gasteiger partial charge is 0.317 e. The number of rotatable bonds is 4. The average Bonchev–Trinajstić information content (AvgIpc) is 3.11. The number of carboxylic acid groups (broad SMARTS) is 1. The number of fused-ring (bicyclic) bond motifs is 1. The van der Waals surface area contributed by atoms with Gasteiger partial charge in [-0.1, -0.05) is 42.5 Å². The SMILES string of the molecule is O=C(O)CN1CCc2nc(-c3ccccc3)nc(N3CC=CC3)c2CC1. The Bertz CT molecular complexity index is 827. The quantitative estimate of drug-likeness (QED) is 0.851. The molecule has 6 heteroatoms. The molecule has 26 heavy (non-hydrogen) atoms. The lowest BCUT2D eigenvalue weighted by molar-refractivity contribution is -0.138. The molecule has 2 aromatic rings. The Morgan fingerprint density at radius 2 is 1.77 bits per heavy atom. The van der Waals surface area contributed by atoms with E-state index in [2.05, 4.69) is 17.1 Å². The van der Waals surface area contributed by atoms with Crippen LogP contribution in [0.5, 0.6) is 0 Å². The summed E-state index contributed by atoms with van der Waals surface area (Å²) in [7, 11) is 0. The van der Waals surface area contributed by atoms with Crippen LogP contribution in [-0.4, -0.2) is 58.7 Å². The van der Waals surface area contributed by atoms with E-state index in [9.17, 15) is 4.79 Å². The van der Waals surface area contributed by atoms with Crippen molar-refractivity contribution in [2.24, 2.45) is 0 Å². The molecular formula is C20H22N4O2. The molecular weight excluding hydrogens is 328 g/mol. The van der Waals surface area contributed by atoms with Crippen molar-refractivity contribution in [3.63, 3.8) is 0 Å². The highest BCUT2D eigenvalue weighted by atomic mass is 16.4. The van der Waals surface area contributed by atoms with Crippen LogP contribution in [0.25, 0.3) is 11.4 Å². The third kappa shape index (κ3) is 3.46. The van der Waals surface area contributed by atoms with Crippen LogP contribution in [0.2, 0.25) is 0 Å². The maximum absolute atomic E-state index is 11.1. The van der Waals surface area contributed by atoms with E-state index < -0.39 is 5.97 Å². The fourth-order valence-corrected chi connectivity index (χ4v) is 3.60. The molecule has 0 atom stereocenters. The van der Waals surface area contributed by atoms with Gasteiger partial charge in [0.05, 0.1) is 12.2 Å². The minimum Gasteiger partial charge on any atom is -0.480 e. The van der Waals surface area contributed by atoms with Crippen LogP contribution in [0.1, 0.15) is 11.3 Å². The zero-order valence-electron chi connectivity index (χ0n) is 14.6. The van der Waals surface area contributed by atoms with Gasteiger partial charge in [0.1, 0.15) is 5.82 Å². The van der Waals surface area contributed by atoms with Gasteiger partial charge >= 0.3 is 5.97 Å². The van der Waals surface area contributed by atoms with Gasteiger partial charge < -0.3 is 10.0 Å². The molecule has 3 heterocycles. The molecule has 4 rings (SSSR count). The second-order valence-electron chi connectivity index (χ2n) is 6.71. The molecule has 0 amide bonds. The lowest BCUT2D eigenvalue weighted by atomic mass is 10.1. The summed E-state index contributed by atoms with van der Waals surface area (Å²) in [4.78, 5) is 25.1. The van der Waals surface area contributed by atoms with Gasteiger partial charge in [0.25, 0.3) is 0 Å². The Morgan fingerprint density at radius 3 is 2.50 bits per heavy atom. The van der Waals surface area contributed by atoms with Crippen LogP contribution in [0.4, 0.5) is 5.82 Å². The van der Waals surface area contributed by atoms with Gasteiger partial charge in [0, 0.05) is 43.7 Å². The van der Waals surface area contributed by atoms with Crippen molar-refractivity contribution < 1.29 is 9.90 Å². The molecule has 1 aromatic heterocycles. The monoisotopic (exact) mass is 350 g/mol. The summed E-state index contributed by atoms with van der Waals surface area (Å²) in [5, 5.41) is 9.11. The lowest BCUT2D eigenvalue weighted by Crippen LogP contribution is -2.32. The standard InChI is InChI=1S/C20H22N4O2/c25-18(26)14-23-12-8-16-17(9-13-23)21-19(15-6-2-1-3-7-15)22-20(16)24-10-4-5-11-24/h1-7H,8-14H2,(H,25,26). The van der Waals surface area contributed by atoms with Crippen molar-refractivity contribution >= 4 is 11.8 Å². The molecule has 1 N–H and O–H groups in total. The zero-order chi connectivity index (χ0) is 17.9. The Kier molecular flexibility index (Phi) is 4.67. The third-order valence-electron chi connectivity index (χ3n) is 4.92. The first kappa shape index (κ1) is 16.7. The number of anilines is 1. The lowest BCUT2D eigenvalue weighted by Gasteiger charge is -2.22. The molecule has 2 aliphatic heterocycles. The van der Waals surface area contributed by atoms with Crippen molar-refractivity contribution in [1.82, 2.24) is 14.9 Å². The number of aromatic nitrogens is 2. The van der Waals surface area contributed by atoms with Gasteiger partial charge in [-0.3, -0.25) is 9.69 Å². The van der Waals surface area contributed by atoms with E-state index in [-0.39, 0.29) is 6.54 Å². The summed E-state index contributed by atoms with van der Waals surface area (Å²) in [5.74, 6) is 0.963. The van der Waals surface area contributed by atoms with Crippen molar-refractivity contribution in [1.29, 1.82) is 0 Å². The number of carbonyl (C=O) groups is 1. The molecule has 0 unspecified atom stereocenters. The molecule has 0 bridgehead atoms. The predicted octanol–water partition coefficient (Wildman–Crippen LogP) is 2.01. The summed E-state index contributed by atoms with van der Waals surface area (Å²) in [5.41, 5.74) is 3.23. The number of aliphatic carboxylic acids is 1. The Hall–Kier alpha value is -2.73. The molecule has 0 saturated carbocycles. The Labute approximate surface area is 152 Å². The van der Waals surface area contributed by atoms with E-state index in [4.69, 9.17) is 15.1 Å². The highest BCUT2D eigenvalue weighted by molar-refractivity contribution is 5.69. The van der Waals surface area contributed by atoms with Crippen LogP contribution in [0.15, 0.2) is 42.5 Å². The summed E-state index contributed by atoms with van der Waals surface area (Å²) in [6.45, 7) is 3.23. The predicted molar refractivity (Wildman–Crippen MR) is 100 cm³/mol. The molecule has 0 spiro atoms. The summed E-state index contributed by atoms with van der Waals surface area (Å²) < 4.78 is 0. The molecule has 0 saturated heterocycles. The number of benzene rings is 1. The minimum absolute atomic E-state index is 0.0769. The maximum Gasteiger partial charge on any atom is 0.317 e. The zero-order valence-corrected chi connectivity index (χ0v) is 14.6. The van der Waals surface area contributed by atoms with Gasteiger partial charge in [-0.05, 0) is 6.42 Å². The van der Waals surface area contributed by atoms with Crippen LogP contribution in [-0.2, 0) is 17.6 Å². The first-order chi connectivity index (χ1) is 12.7. The van der Waals surface area contributed by atoms with Gasteiger partial charge in [0.2, 0.25) is 0 Å². The van der Waals surface area contributed by atoms with Crippen LogP contribution < -0.4 is 4.90 Å². The second-order valence-corrected chi connectivity index (χ2v) is 6.71. The topological polar surface area (TPSA) is 69.6 Å². The Morgan fingerprint density at radius 1 is 1.04 bits per heavy atom. The van der Waals surface area contributed by atoms with Gasteiger partial charge in [-0.25, -0.2) is 9.97 Å².